The van der Waals surface area contributed by atoms with Gasteiger partial charge in [-0.05, 0) is 19.3 Å². The topological polar surface area (TPSA) is 37.3 Å². The summed E-state index contributed by atoms with van der Waals surface area (Å²) in [4.78, 5) is 11.3. The Morgan fingerprint density at radius 1 is 1.19 bits per heavy atom. The van der Waals surface area contributed by atoms with E-state index in [-0.39, 0.29) is 10.7 Å². The smallest absolute Gasteiger partial charge is 0.307 e. The van der Waals surface area contributed by atoms with Crippen LogP contribution in [0.1, 0.15) is 65.7 Å². The first-order valence-electron chi connectivity index (χ1n) is 6.47. The lowest BCUT2D eigenvalue weighted by molar-refractivity contribution is -0.143. The lowest BCUT2D eigenvalue weighted by atomic mass is 9.83. The van der Waals surface area contributed by atoms with Crippen LogP contribution in [0.2, 0.25) is 0 Å². The second-order valence-corrected chi connectivity index (χ2v) is 5.44. The number of carbonyl (C=O) groups is 1. The summed E-state index contributed by atoms with van der Waals surface area (Å²) in [5, 5.41) is 9.28. The maximum atomic E-state index is 11.3. The van der Waals surface area contributed by atoms with Crippen LogP contribution < -0.4 is 0 Å². The number of aliphatic carboxylic acids is 1. The molecule has 3 heteroatoms. The van der Waals surface area contributed by atoms with E-state index in [2.05, 4.69) is 19.6 Å². The summed E-state index contributed by atoms with van der Waals surface area (Å²) in [6.45, 7) is 6.21. The van der Waals surface area contributed by atoms with E-state index >= 15 is 0 Å². The zero-order valence-corrected chi connectivity index (χ0v) is 11.7. The van der Waals surface area contributed by atoms with Gasteiger partial charge in [0.25, 0.3) is 0 Å². The van der Waals surface area contributed by atoms with Crippen LogP contribution in [0.3, 0.4) is 0 Å². The molecule has 2 nitrogen and oxygen atoms in total. The maximum Gasteiger partial charge on any atom is 0.307 e. The summed E-state index contributed by atoms with van der Waals surface area (Å²) in [6, 6.07) is 0. The third-order valence-corrected chi connectivity index (χ3v) is 4.46. The fourth-order valence-corrected chi connectivity index (χ4v) is 2.38. The van der Waals surface area contributed by atoms with Crippen LogP contribution in [0.15, 0.2) is 0 Å². The molecule has 0 saturated carbocycles. The molecule has 0 bridgehead atoms. The second kappa shape index (κ2) is 7.99. The van der Waals surface area contributed by atoms with Gasteiger partial charge in [-0.25, -0.2) is 0 Å². The Hall–Kier alpha value is -0.180. The first-order valence-corrected chi connectivity index (χ1v) is 6.91. The number of carboxylic acids is 1. The molecule has 0 aromatic heterocycles. The van der Waals surface area contributed by atoms with Crippen molar-refractivity contribution in [1.29, 1.82) is 0 Å². The standard InChI is InChI=1S/C13H26O2S/c1-4-7-8-9-10-11(12(14)15)13(16,5-2)6-3/h11,16H,4-10H2,1-3H3,(H,14,15). The molecule has 0 radical (unpaired) electrons. The fraction of sp³-hybridized carbons (Fsp3) is 0.923. The quantitative estimate of drug-likeness (QED) is 0.474. The van der Waals surface area contributed by atoms with Crippen molar-refractivity contribution >= 4 is 18.6 Å². The number of hydrogen-bond acceptors (Lipinski definition) is 2. The highest BCUT2D eigenvalue weighted by molar-refractivity contribution is 7.81. The Bertz CT molecular complexity index is 200. The molecule has 1 atom stereocenters. The van der Waals surface area contributed by atoms with E-state index in [9.17, 15) is 9.90 Å². The number of thiol groups is 1. The Kier molecular flexibility index (Phi) is 7.90. The van der Waals surface area contributed by atoms with E-state index in [1.165, 1.54) is 12.8 Å². The molecule has 0 rings (SSSR count). The van der Waals surface area contributed by atoms with Crippen molar-refractivity contribution in [2.24, 2.45) is 5.92 Å². The molecule has 0 aromatic rings. The molecule has 0 aliphatic carbocycles. The largest absolute Gasteiger partial charge is 0.481 e. The first-order chi connectivity index (χ1) is 7.51. The van der Waals surface area contributed by atoms with Crippen molar-refractivity contribution in [2.75, 3.05) is 0 Å². The average Bonchev–Trinajstić information content (AvgIpc) is 2.27. The Balaban J connectivity index is 4.32. The Labute approximate surface area is 105 Å². The minimum atomic E-state index is -0.685. The minimum absolute atomic E-state index is 0.303. The molecule has 96 valence electrons. The molecule has 0 heterocycles. The molecule has 0 spiro atoms. The van der Waals surface area contributed by atoms with E-state index in [1.54, 1.807) is 0 Å². The van der Waals surface area contributed by atoms with Gasteiger partial charge in [-0.15, -0.1) is 0 Å². The molecule has 0 aliphatic heterocycles. The predicted octanol–water partition coefficient (Wildman–Crippen LogP) is 4.15. The molecule has 0 saturated heterocycles. The highest BCUT2D eigenvalue weighted by Gasteiger charge is 2.36. The lowest BCUT2D eigenvalue weighted by Gasteiger charge is -2.32. The SMILES string of the molecule is CCCCCCC(C(=O)O)C(S)(CC)CC. The molecule has 0 aromatic carbocycles. The van der Waals surface area contributed by atoms with Crippen LogP contribution in [0.25, 0.3) is 0 Å². The van der Waals surface area contributed by atoms with Crippen LogP contribution in [0.4, 0.5) is 0 Å². The molecular weight excluding hydrogens is 220 g/mol. The summed E-state index contributed by atoms with van der Waals surface area (Å²) in [6.07, 6.45) is 6.93. The first kappa shape index (κ1) is 15.8. The molecule has 1 N–H and O–H groups in total. The molecule has 0 amide bonds. The van der Waals surface area contributed by atoms with Crippen molar-refractivity contribution in [3.05, 3.63) is 0 Å². The molecule has 1 unspecified atom stereocenters. The zero-order chi connectivity index (χ0) is 12.6. The third kappa shape index (κ3) is 4.77. The van der Waals surface area contributed by atoms with E-state index in [0.29, 0.717) is 0 Å². The third-order valence-electron chi connectivity index (χ3n) is 3.52. The van der Waals surface area contributed by atoms with Crippen molar-refractivity contribution in [2.45, 2.75) is 70.5 Å². The summed E-state index contributed by atoms with van der Waals surface area (Å²) in [7, 11) is 0. The number of hydrogen-bond donors (Lipinski definition) is 2. The summed E-state index contributed by atoms with van der Waals surface area (Å²) in [5.41, 5.74) is 0. The van der Waals surface area contributed by atoms with Crippen molar-refractivity contribution in [3.63, 3.8) is 0 Å². The van der Waals surface area contributed by atoms with Crippen molar-refractivity contribution in [1.82, 2.24) is 0 Å². The van der Waals surface area contributed by atoms with Crippen LogP contribution in [0.5, 0.6) is 0 Å². The molecule has 0 fully saturated rings. The van der Waals surface area contributed by atoms with Gasteiger partial charge in [0.15, 0.2) is 0 Å². The van der Waals surface area contributed by atoms with E-state index < -0.39 is 5.97 Å². The highest BCUT2D eigenvalue weighted by Crippen LogP contribution is 2.35. The van der Waals surface area contributed by atoms with E-state index in [1.807, 2.05) is 13.8 Å². The van der Waals surface area contributed by atoms with Gasteiger partial charge in [0.1, 0.15) is 0 Å². The predicted molar refractivity (Wildman–Crippen MR) is 72.2 cm³/mol. The fourth-order valence-electron chi connectivity index (χ4n) is 2.14. The summed E-state index contributed by atoms with van der Waals surface area (Å²) < 4.78 is -0.335. The van der Waals surface area contributed by atoms with E-state index in [0.717, 1.165) is 32.1 Å². The normalized spacial score (nSPS) is 13.8. The van der Waals surface area contributed by atoms with Gasteiger partial charge in [-0.1, -0.05) is 46.5 Å². The van der Waals surface area contributed by atoms with Crippen LogP contribution in [-0.4, -0.2) is 15.8 Å². The summed E-state index contributed by atoms with van der Waals surface area (Å²) in [5.74, 6) is -0.988. The number of carboxylic acid groups (broad SMARTS) is 1. The van der Waals surface area contributed by atoms with Gasteiger partial charge < -0.3 is 5.11 Å². The monoisotopic (exact) mass is 246 g/mol. The minimum Gasteiger partial charge on any atom is -0.481 e. The van der Waals surface area contributed by atoms with Gasteiger partial charge in [-0.2, -0.15) is 12.6 Å². The van der Waals surface area contributed by atoms with Gasteiger partial charge in [-0.3, -0.25) is 4.79 Å². The summed E-state index contributed by atoms with van der Waals surface area (Å²) >= 11 is 4.60. The Morgan fingerprint density at radius 2 is 1.75 bits per heavy atom. The Morgan fingerprint density at radius 3 is 2.12 bits per heavy atom. The van der Waals surface area contributed by atoms with Crippen molar-refractivity contribution in [3.8, 4) is 0 Å². The van der Waals surface area contributed by atoms with Crippen LogP contribution in [0, 0.1) is 5.92 Å². The maximum absolute atomic E-state index is 11.3. The van der Waals surface area contributed by atoms with Crippen LogP contribution >= 0.6 is 12.6 Å². The molecule has 16 heavy (non-hydrogen) atoms. The number of rotatable bonds is 9. The number of unbranched alkanes of at least 4 members (excludes halogenated alkanes) is 3. The van der Waals surface area contributed by atoms with Gasteiger partial charge >= 0.3 is 5.97 Å². The molecular formula is C13H26O2S. The lowest BCUT2D eigenvalue weighted by Crippen LogP contribution is -2.36. The second-order valence-electron chi connectivity index (χ2n) is 4.55. The van der Waals surface area contributed by atoms with Gasteiger partial charge in [0.2, 0.25) is 0 Å². The van der Waals surface area contributed by atoms with Crippen molar-refractivity contribution < 1.29 is 9.90 Å². The van der Waals surface area contributed by atoms with Crippen LogP contribution in [-0.2, 0) is 4.79 Å². The van der Waals surface area contributed by atoms with Gasteiger partial charge in [0.05, 0.1) is 5.92 Å². The highest BCUT2D eigenvalue weighted by atomic mass is 32.1. The van der Waals surface area contributed by atoms with E-state index in [4.69, 9.17) is 0 Å². The molecule has 0 aliphatic rings. The zero-order valence-electron chi connectivity index (χ0n) is 10.8. The van der Waals surface area contributed by atoms with Gasteiger partial charge in [0, 0.05) is 4.75 Å². The average molecular weight is 246 g/mol.